The highest BCUT2D eigenvalue weighted by molar-refractivity contribution is 8.00. The zero-order valence-corrected chi connectivity index (χ0v) is 26.2. The van der Waals surface area contributed by atoms with Gasteiger partial charge in [-0.15, -0.1) is 0 Å². The second-order valence-electron chi connectivity index (χ2n) is 9.29. The number of ether oxygens (including phenoxy) is 1. The van der Waals surface area contributed by atoms with E-state index in [4.69, 9.17) is 15.4 Å². The minimum Gasteiger partial charge on any atom is -0.462 e. The number of halogens is 3. The van der Waals surface area contributed by atoms with Crippen LogP contribution in [0.3, 0.4) is 0 Å². The molecule has 236 valence electrons. The van der Waals surface area contributed by atoms with Gasteiger partial charge in [-0.05, 0) is 61.5 Å². The van der Waals surface area contributed by atoms with Crippen LogP contribution in [0, 0.1) is 0 Å². The van der Waals surface area contributed by atoms with Gasteiger partial charge in [0, 0.05) is 43.0 Å². The number of alkyl halides is 3. The summed E-state index contributed by atoms with van der Waals surface area (Å²) in [6, 6.07) is 17.9. The number of amides is 1. The molecule has 44 heavy (non-hydrogen) atoms. The lowest BCUT2D eigenvalue weighted by atomic mass is 10.2. The number of likely N-dealkylation sites (N-methyl/N-ethyl adjacent to an activating group) is 1. The number of anilines is 1. The predicted molar refractivity (Wildman–Crippen MR) is 166 cm³/mol. The number of aromatic nitrogens is 1. The quantitative estimate of drug-likeness (QED) is 0.107. The number of hydrogen-bond donors (Lipinski definition) is 2. The summed E-state index contributed by atoms with van der Waals surface area (Å²) >= 11 is -0.187. The van der Waals surface area contributed by atoms with E-state index in [1.165, 1.54) is 29.4 Å². The number of nitrogens with one attached hydrogen (secondary N) is 1. The number of carbonyl (C=O) groups is 1. The van der Waals surface area contributed by atoms with Gasteiger partial charge in [-0.25, -0.2) is 5.84 Å². The second kappa shape index (κ2) is 15.4. The molecule has 1 aromatic heterocycles. The van der Waals surface area contributed by atoms with Crippen molar-refractivity contribution in [2.24, 2.45) is 5.84 Å². The Morgan fingerprint density at radius 2 is 1.77 bits per heavy atom. The summed E-state index contributed by atoms with van der Waals surface area (Å²) in [6.07, 6.45) is 3.46. The first-order valence-corrected chi connectivity index (χ1v) is 14.7. The molecule has 1 aliphatic heterocycles. The molecule has 2 aromatic carbocycles. The van der Waals surface area contributed by atoms with Crippen molar-refractivity contribution < 1.29 is 27.5 Å². The number of pyridine rings is 1. The molecule has 4 rings (SSSR count). The van der Waals surface area contributed by atoms with Crippen molar-refractivity contribution in [2.75, 3.05) is 19.1 Å². The highest BCUT2D eigenvalue weighted by Gasteiger charge is 2.36. The van der Waals surface area contributed by atoms with E-state index >= 15 is 0 Å². The summed E-state index contributed by atoms with van der Waals surface area (Å²) in [7, 11) is 3.72. The normalized spacial score (nSPS) is 15.0. The Balaban J connectivity index is 0.00000259. The first kappa shape index (κ1) is 34.1. The fourth-order valence-electron chi connectivity index (χ4n) is 4.52. The highest BCUT2D eigenvalue weighted by atomic mass is 32.2. The zero-order valence-electron chi connectivity index (χ0n) is 25.4. The fraction of sp³-hybridized carbons (Fsp3) is 0.290. The van der Waals surface area contributed by atoms with Crippen molar-refractivity contribution in [3.63, 3.8) is 0 Å². The van der Waals surface area contributed by atoms with Crippen molar-refractivity contribution >= 4 is 23.4 Å². The molecule has 13 heteroatoms. The summed E-state index contributed by atoms with van der Waals surface area (Å²) in [4.78, 5) is 25.9. The Morgan fingerprint density at radius 3 is 2.43 bits per heavy atom. The van der Waals surface area contributed by atoms with Crippen LogP contribution >= 0.6 is 11.8 Å². The molecule has 1 aliphatic rings. The molecule has 0 bridgehead atoms. The van der Waals surface area contributed by atoms with Crippen molar-refractivity contribution in [1.29, 1.82) is 0 Å². The van der Waals surface area contributed by atoms with Gasteiger partial charge in [0.05, 0.1) is 11.4 Å². The Kier molecular flexibility index (Phi) is 11.9. The Labute approximate surface area is 260 Å². The van der Waals surface area contributed by atoms with Crippen LogP contribution < -0.4 is 25.9 Å². The van der Waals surface area contributed by atoms with E-state index in [9.17, 15) is 18.0 Å². The molecule has 0 spiro atoms. The van der Waals surface area contributed by atoms with Crippen LogP contribution in [-0.2, 0) is 0 Å². The average Bonchev–Trinajstić information content (AvgIpc) is 3.24. The topological polar surface area (TPSA) is 96.2 Å². The van der Waals surface area contributed by atoms with Crippen LogP contribution in [0.15, 0.2) is 101 Å². The number of thioether (sulfide) groups is 1. The number of rotatable bonds is 10. The number of nitrogens with zero attached hydrogens (tertiary/aromatic N) is 4. The minimum absolute atomic E-state index is 0.0452. The maximum absolute atomic E-state index is 12.9. The van der Waals surface area contributed by atoms with Crippen LogP contribution in [-0.4, -0.2) is 46.6 Å². The number of para-hydroxylation sites is 1. The predicted octanol–water partition coefficient (Wildman–Crippen LogP) is 6.89. The molecular weight excluding hydrogens is 593 g/mol. The van der Waals surface area contributed by atoms with E-state index in [-0.39, 0.29) is 22.4 Å². The van der Waals surface area contributed by atoms with Crippen LogP contribution in [0.2, 0.25) is 0 Å². The third-order valence-electron chi connectivity index (χ3n) is 6.31. The summed E-state index contributed by atoms with van der Waals surface area (Å²) in [5.74, 6) is 7.34. The monoisotopic (exact) mass is 630 g/mol. The third-order valence-corrected chi connectivity index (χ3v) is 7.04. The molecule has 1 amide bonds. The number of hydroxylamine groups is 1. The molecule has 3 N–H and O–H groups in total. The first-order chi connectivity index (χ1) is 21.0. The maximum Gasteiger partial charge on any atom is 0.446 e. The van der Waals surface area contributed by atoms with Crippen LogP contribution in [0.25, 0.3) is 0 Å². The standard InChI is InChI=1S/C29H31F3N6O3S.C2H6/c1-5-25-26(37(4)28(36(25)3)38(33)20-10-9-13-23(17-20)42-29(30,31)32)16-19(2)40-22-14-15-34-24(18-22)27(39)35-41-21-11-7-6-8-12-21;1-2/h6-18,28H,5,33H2,1-4H3,(H,35,39);1-2H3/b19-16+;. The van der Waals surface area contributed by atoms with Crippen molar-refractivity contribution in [1.82, 2.24) is 20.3 Å². The Hall–Kier alpha value is -4.36. The summed E-state index contributed by atoms with van der Waals surface area (Å²) in [5.41, 5.74) is 0.265. The summed E-state index contributed by atoms with van der Waals surface area (Å²) < 4.78 is 44.8. The van der Waals surface area contributed by atoms with Crippen molar-refractivity contribution in [3.05, 3.63) is 102 Å². The SMILES string of the molecule is CC.CCC1=C(/C=C(\C)Oc2ccnc(C(=O)NOc3ccccc3)c2)N(C)C(N(N)c2cccc(SC(F)(F)F)c2)N1C. The van der Waals surface area contributed by atoms with E-state index in [1.807, 2.05) is 56.8 Å². The van der Waals surface area contributed by atoms with Gasteiger partial charge in [-0.1, -0.05) is 45.0 Å². The molecule has 9 nitrogen and oxygen atoms in total. The van der Waals surface area contributed by atoms with E-state index in [0.29, 0.717) is 29.4 Å². The lowest BCUT2D eigenvalue weighted by molar-refractivity contribution is -0.0328. The third kappa shape index (κ3) is 8.83. The Morgan fingerprint density at radius 1 is 1.07 bits per heavy atom. The number of nitrogens with two attached hydrogens (primary N) is 1. The van der Waals surface area contributed by atoms with Crippen LogP contribution in [0.1, 0.15) is 44.6 Å². The lowest BCUT2D eigenvalue weighted by Gasteiger charge is -2.37. The minimum atomic E-state index is -4.40. The molecule has 0 saturated carbocycles. The van der Waals surface area contributed by atoms with Crippen molar-refractivity contribution in [3.8, 4) is 11.5 Å². The fourth-order valence-corrected chi connectivity index (χ4v) is 5.12. The number of benzene rings is 2. The number of hydrogen-bond acceptors (Lipinski definition) is 9. The first-order valence-electron chi connectivity index (χ1n) is 13.9. The van der Waals surface area contributed by atoms with Crippen LogP contribution in [0.5, 0.6) is 11.5 Å². The highest BCUT2D eigenvalue weighted by Crippen LogP contribution is 2.39. The summed E-state index contributed by atoms with van der Waals surface area (Å²) in [6.45, 7) is 7.77. The van der Waals surface area contributed by atoms with E-state index in [1.54, 1.807) is 49.4 Å². The van der Waals surface area contributed by atoms with Gasteiger partial charge in [0.15, 0.2) is 12.0 Å². The molecule has 0 aliphatic carbocycles. The average molecular weight is 631 g/mol. The van der Waals surface area contributed by atoms with Gasteiger partial charge in [0.2, 0.25) is 0 Å². The van der Waals surface area contributed by atoms with E-state index in [0.717, 1.165) is 11.4 Å². The van der Waals surface area contributed by atoms with Crippen LogP contribution in [0.4, 0.5) is 18.9 Å². The van der Waals surface area contributed by atoms with E-state index in [2.05, 4.69) is 10.5 Å². The second-order valence-corrected chi connectivity index (χ2v) is 10.4. The van der Waals surface area contributed by atoms with Gasteiger partial charge < -0.3 is 19.4 Å². The van der Waals surface area contributed by atoms with Gasteiger partial charge in [-0.3, -0.25) is 14.8 Å². The van der Waals surface area contributed by atoms with Gasteiger partial charge in [-0.2, -0.15) is 18.7 Å². The maximum atomic E-state index is 12.9. The smallest absolute Gasteiger partial charge is 0.446 e. The Bertz CT molecular complexity index is 1470. The largest absolute Gasteiger partial charge is 0.462 e. The number of carbonyl (C=O) groups excluding carboxylic acids is 1. The molecule has 0 fully saturated rings. The van der Waals surface area contributed by atoms with Gasteiger partial charge in [0.1, 0.15) is 17.2 Å². The van der Waals surface area contributed by atoms with Gasteiger partial charge >= 0.3 is 11.4 Å². The molecule has 2 heterocycles. The number of hydrazine groups is 1. The van der Waals surface area contributed by atoms with Gasteiger partial charge in [0.25, 0.3) is 0 Å². The zero-order chi connectivity index (χ0) is 32.4. The lowest BCUT2D eigenvalue weighted by Crippen LogP contribution is -2.54. The molecule has 1 atom stereocenters. The van der Waals surface area contributed by atoms with Crippen molar-refractivity contribution in [2.45, 2.75) is 50.8 Å². The molecule has 0 saturated heterocycles. The molecule has 1 unspecified atom stereocenters. The molecular formula is C31H37F3N6O3S. The number of allylic oxidation sites excluding steroid dienone is 3. The summed E-state index contributed by atoms with van der Waals surface area (Å²) in [5, 5.41) is 1.43. The molecule has 3 aromatic rings. The van der Waals surface area contributed by atoms with E-state index < -0.39 is 17.7 Å². The molecule has 0 radical (unpaired) electrons.